The predicted octanol–water partition coefficient (Wildman–Crippen LogP) is 3.21. The number of hydrogen-bond donors (Lipinski definition) is 2. The topological polar surface area (TPSA) is 96.0 Å². The van der Waals surface area contributed by atoms with E-state index < -0.39 is 5.91 Å². The molecule has 2 rings (SSSR count). The first kappa shape index (κ1) is 18.0. The summed E-state index contributed by atoms with van der Waals surface area (Å²) in [5, 5.41) is 12.0. The summed E-state index contributed by atoms with van der Waals surface area (Å²) in [6.45, 7) is 3.71. The third-order valence-electron chi connectivity index (χ3n) is 3.47. The van der Waals surface area contributed by atoms with E-state index in [9.17, 15) is 9.59 Å². The molecule has 0 spiro atoms. The highest BCUT2D eigenvalue weighted by Crippen LogP contribution is 2.32. The number of primary amides is 1. The summed E-state index contributed by atoms with van der Waals surface area (Å²) in [4.78, 5) is 24.6. The van der Waals surface area contributed by atoms with Gasteiger partial charge >= 0.3 is 0 Å². The van der Waals surface area contributed by atoms with Gasteiger partial charge in [0.1, 0.15) is 5.00 Å². The maximum Gasteiger partial charge on any atom is 0.251 e. The summed E-state index contributed by atoms with van der Waals surface area (Å²) in [5.74, 6) is 0.244. The van der Waals surface area contributed by atoms with E-state index in [2.05, 4.69) is 11.4 Å². The number of carbonyl (C=O) groups excluding carboxylic acids is 2. The second-order valence-corrected chi connectivity index (χ2v) is 7.41. The molecule has 0 unspecified atom stereocenters. The lowest BCUT2D eigenvalue weighted by atomic mass is 10.1. The van der Waals surface area contributed by atoms with Gasteiger partial charge < -0.3 is 11.1 Å². The van der Waals surface area contributed by atoms with Crippen LogP contribution in [0.15, 0.2) is 24.3 Å². The van der Waals surface area contributed by atoms with Gasteiger partial charge in [-0.15, -0.1) is 23.1 Å². The summed E-state index contributed by atoms with van der Waals surface area (Å²) >= 11 is 2.82. The molecular weight excluding hydrogens is 342 g/mol. The van der Waals surface area contributed by atoms with Crippen LogP contribution in [0, 0.1) is 25.2 Å². The number of thiophene rings is 1. The summed E-state index contributed by atoms with van der Waals surface area (Å²) in [6, 6.07) is 9.33. The number of nitrogens with zero attached hydrogens (tertiary/aromatic N) is 1. The molecule has 0 aliphatic heterocycles. The molecule has 3 N–H and O–H groups in total. The highest BCUT2D eigenvalue weighted by atomic mass is 32.2. The molecule has 5 nitrogen and oxygen atoms in total. The first-order chi connectivity index (χ1) is 11.4. The number of nitrogens with two attached hydrogens (primary N) is 1. The van der Waals surface area contributed by atoms with Crippen LogP contribution in [-0.4, -0.2) is 17.6 Å². The minimum Gasteiger partial charge on any atom is -0.365 e. The van der Waals surface area contributed by atoms with Gasteiger partial charge in [-0.2, -0.15) is 5.26 Å². The molecule has 0 saturated carbocycles. The van der Waals surface area contributed by atoms with Crippen molar-refractivity contribution in [2.24, 2.45) is 5.73 Å². The molecular formula is C17H17N3O2S2. The Labute approximate surface area is 148 Å². The molecule has 0 aliphatic carbocycles. The van der Waals surface area contributed by atoms with Gasteiger partial charge in [-0.1, -0.05) is 12.1 Å². The molecule has 2 amide bonds. The fraction of sp³-hybridized carbons (Fsp3) is 0.235. The Kier molecular flexibility index (Phi) is 6.01. The number of thioether (sulfide) groups is 1. The molecule has 24 heavy (non-hydrogen) atoms. The molecule has 0 atom stereocenters. The van der Waals surface area contributed by atoms with Crippen molar-refractivity contribution in [3.05, 3.63) is 51.4 Å². The van der Waals surface area contributed by atoms with E-state index in [4.69, 9.17) is 11.0 Å². The van der Waals surface area contributed by atoms with Crippen molar-refractivity contribution in [3.8, 4) is 6.07 Å². The van der Waals surface area contributed by atoms with Crippen molar-refractivity contribution in [2.45, 2.75) is 19.6 Å². The van der Waals surface area contributed by atoms with Gasteiger partial charge in [-0.3, -0.25) is 9.59 Å². The zero-order valence-corrected chi connectivity index (χ0v) is 15.0. The lowest BCUT2D eigenvalue weighted by Crippen LogP contribution is -2.18. The highest BCUT2D eigenvalue weighted by Gasteiger charge is 2.18. The second kappa shape index (κ2) is 7.99. The number of carbonyl (C=O) groups is 2. The molecule has 7 heteroatoms. The number of aryl methyl sites for hydroxylation is 1. The minimum atomic E-state index is -0.530. The van der Waals surface area contributed by atoms with Crippen LogP contribution in [0.2, 0.25) is 0 Å². The van der Waals surface area contributed by atoms with E-state index in [1.54, 1.807) is 12.1 Å². The van der Waals surface area contributed by atoms with E-state index >= 15 is 0 Å². The van der Waals surface area contributed by atoms with E-state index in [1.807, 2.05) is 26.0 Å². The number of hydrogen-bond acceptors (Lipinski definition) is 5. The van der Waals surface area contributed by atoms with Crippen molar-refractivity contribution in [3.63, 3.8) is 0 Å². The molecule has 0 aliphatic rings. The zero-order chi connectivity index (χ0) is 17.7. The first-order valence-electron chi connectivity index (χ1n) is 7.18. The Morgan fingerprint density at radius 1 is 1.29 bits per heavy atom. The molecule has 0 fully saturated rings. The molecule has 124 valence electrons. The predicted molar refractivity (Wildman–Crippen MR) is 98.3 cm³/mol. The van der Waals surface area contributed by atoms with Gasteiger partial charge in [-0.25, -0.2) is 0 Å². The molecule has 0 bridgehead atoms. The van der Waals surface area contributed by atoms with Gasteiger partial charge in [0.2, 0.25) is 5.91 Å². The van der Waals surface area contributed by atoms with Crippen molar-refractivity contribution < 1.29 is 9.59 Å². The average Bonchev–Trinajstić information content (AvgIpc) is 2.82. The van der Waals surface area contributed by atoms with E-state index in [-0.39, 0.29) is 11.7 Å². The number of nitrogens with one attached hydrogen (secondary N) is 1. The lowest BCUT2D eigenvalue weighted by molar-refractivity contribution is -0.113. The minimum absolute atomic E-state index is 0.169. The smallest absolute Gasteiger partial charge is 0.251 e. The van der Waals surface area contributed by atoms with Crippen LogP contribution in [0.5, 0.6) is 0 Å². The van der Waals surface area contributed by atoms with E-state index in [1.165, 1.54) is 23.1 Å². The maximum atomic E-state index is 12.1. The monoisotopic (exact) mass is 359 g/mol. The number of benzene rings is 1. The Morgan fingerprint density at radius 2 is 1.96 bits per heavy atom. The van der Waals surface area contributed by atoms with E-state index in [0.717, 1.165) is 16.0 Å². The third-order valence-corrected chi connectivity index (χ3v) is 5.60. The van der Waals surface area contributed by atoms with Gasteiger partial charge in [0.05, 0.1) is 22.9 Å². The zero-order valence-electron chi connectivity index (χ0n) is 13.4. The highest BCUT2D eigenvalue weighted by molar-refractivity contribution is 7.99. The number of amides is 2. The Balaban J connectivity index is 1.91. The van der Waals surface area contributed by atoms with Crippen LogP contribution in [0.3, 0.4) is 0 Å². The average molecular weight is 359 g/mol. The van der Waals surface area contributed by atoms with Crippen LogP contribution in [0.25, 0.3) is 0 Å². The standard InChI is InChI=1S/C17H17N3O2S2/c1-10-11(2)24-17(15(10)16(19)22)20-14(21)9-23-8-13-5-3-12(7-18)4-6-13/h3-6H,8-9H2,1-2H3,(H2,19,22)(H,20,21). The van der Waals surface area contributed by atoms with Gasteiger partial charge in [0.25, 0.3) is 5.91 Å². The molecule has 1 heterocycles. The molecule has 1 aromatic heterocycles. The fourth-order valence-electron chi connectivity index (χ4n) is 2.11. The van der Waals surface area contributed by atoms with Gasteiger partial charge in [0.15, 0.2) is 0 Å². The summed E-state index contributed by atoms with van der Waals surface area (Å²) in [7, 11) is 0. The Morgan fingerprint density at radius 3 is 2.54 bits per heavy atom. The molecule has 0 radical (unpaired) electrons. The quantitative estimate of drug-likeness (QED) is 0.828. The van der Waals surface area contributed by atoms with Gasteiger partial charge in [0, 0.05) is 10.6 Å². The van der Waals surface area contributed by atoms with Crippen LogP contribution < -0.4 is 11.1 Å². The molecule has 2 aromatic rings. The normalized spacial score (nSPS) is 10.2. The van der Waals surface area contributed by atoms with Crippen LogP contribution in [-0.2, 0) is 10.5 Å². The third kappa shape index (κ3) is 4.37. The number of nitriles is 1. The Hall–Kier alpha value is -2.30. The van der Waals surface area contributed by atoms with Crippen molar-refractivity contribution in [1.82, 2.24) is 0 Å². The SMILES string of the molecule is Cc1sc(NC(=O)CSCc2ccc(C#N)cc2)c(C(N)=O)c1C. The first-order valence-corrected chi connectivity index (χ1v) is 9.16. The molecule has 1 aromatic carbocycles. The van der Waals surface area contributed by atoms with Crippen molar-refractivity contribution >= 4 is 39.9 Å². The van der Waals surface area contributed by atoms with E-state index in [0.29, 0.717) is 21.9 Å². The lowest BCUT2D eigenvalue weighted by Gasteiger charge is -2.05. The Bertz CT molecular complexity index is 804. The van der Waals surface area contributed by atoms with Crippen LogP contribution in [0.4, 0.5) is 5.00 Å². The van der Waals surface area contributed by atoms with Crippen LogP contribution in [0.1, 0.15) is 31.9 Å². The van der Waals surface area contributed by atoms with Gasteiger partial charge in [-0.05, 0) is 37.1 Å². The van der Waals surface area contributed by atoms with Crippen LogP contribution >= 0.6 is 23.1 Å². The maximum absolute atomic E-state index is 12.1. The number of anilines is 1. The fourth-order valence-corrected chi connectivity index (χ4v) is 3.98. The number of rotatable bonds is 6. The summed E-state index contributed by atoms with van der Waals surface area (Å²) in [5.41, 5.74) is 8.26. The largest absolute Gasteiger partial charge is 0.365 e. The summed E-state index contributed by atoms with van der Waals surface area (Å²) < 4.78 is 0. The van der Waals surface area contributed by atoms with Crippen molar-refractivity contribution in [1.29, 1.82) is 5.26 Å². The van der Waals surface area contributed by atoms with Crippen molar-refractivity contribution in [2.75, 3.05) is 11.1 Å². The summed E-state index contributed by atoms with van der Waals surface area (Å²) in [6.07, 6.45) is 0. The molecule has 0 saturated heterocycles. The second-order valence-electron chi connectivity index (χ2n) is 5.20.